The van der Waals surface area contributed by atoms with Crippen LogP contribution in [0.25, 0.3) is 0 Å². The molecule has 3 unspecified atom stereocenters. The van der Waals surface area contributed by atoms with Gasteiger partial charge in [0.15, 0.2) is 11.5 Å². The Labute approximate surface area is 179 Å². The van der Waals surface area contributed by atoms with E-state index in [0.29, 0.717) is 23.7 Å². The predicted octanol–water partition coefficient (Wildman–Crippen LogP) is 2.14. The number of imide groups is 1. The number of urea groups is 2. The summed E-state index contributed by atoms with van der Waals surface area (Å²) in [5, 5.41) is 8.00. The van der Waals surface area contributed by atoms with Crippen molar-refractivity contribution in [3.63, 3.8) is 0 Å². The maximum atomic E-state index is 12.9. The molecule has 0 saturated carbocycles. The highest BCUT2D eigenvalue weighted by molar-refractivity contribution is 6.00. The lowest BCUT2D eigenvalue weighted by Crippen LogP contribution is -2.71. The summed E-state index contributed by atoms with van der Waals surface area (Å²) in [4.78, 5) is 39.4. The van der Waals surface area contributed by atoms with Gasteiger partial charge in [-0.15, -0.1) is 0 Å². The van der Waals surface area contributed by atoms with Gasteiger partial charge in [0.2, 0.25) is 5.91 Å². The van der Waals surface area contributed by atoms with Crippen LogP contribution in [0.5, 0.6) is 11.5 Å². The predicted molar refractivity (Wildman–Crippen MR) is 111 cm³/mol. The average molecular weight is 424 g/mol. The zero-order valence-corrected chi connectivity index (χ0v) is 17.3. The molecule has 9 nitrogen and oxygen atoms in total. The summed E-state index contributed by atoms with van der Waals surface area (Å²) < 4.78 is 11.0. The molecule has 2 aliphatic rings. The zero-order valence-electron chi connectivity index (χ0n) is 17.3. The number of hydrogen-bond donors (Lipinski definition) is 3. The van der Waals surface area contributed by atoms with Crippen LogP contribution < -0.4 is 25.4 Å². The Kier molecular flexibility index (Phi) is 5.66. The van der Waals surface area contributed by atoms with E-state index in [1.807, 2.05) is 37.3 Å². The van der Waals surface area contributed by atoms with Crippen molar-refractivity contribution < 1.29 is 23.9 Å². The van der Waals surface area contributed by atoms with E-state index in [1.165, 1.54) is 4.90 Å². The quantitative estimate of drug-likeness (QED) is 0.658. The number of carbonyl (C=O) groups is 3. The average Bonchev–Trinajstić information content (AvgIpc) is 2.77. The fourth-order valence-electron chi connectivity index (χ4n) is 4.03. The minimum absolute atomic E-state index is 0.251. The second kappa shape index (κ2) is 8.55. The van der Waals surface area contributed by atoms with Gasteiger partial charge >= 0.3 is 12.1 Å². The normalized spacial score (nSPS) is 22.7. The van der Waals surface area contributed by atoms with E-state index in [9.17, 15) is 14.4 Å². The molecule has 2 fully saturated rings. The Morgan fingerprint density at radius 2 is 1.77 bits per heavy atom. The summed E-state index contributed by atoms with van der Waals surface area (Å²) in [7, 11) is 1.54. The third-order valence-electron chi connectivity index (χ3n) is 5.44. The number of methoxy groups -OCH3 is 1. The first-order valence-corrected chi connectivity index (χ1v) is 10.0. The number of carbonyl (C=O) groups excluding carboxylic acids is 3. The lowest BCUT2D eigenvalue weighted by atomic mass is 9.86. The number of nitrogens with one attached hydrogen (secondary N) is 3. The van der Waals surface area contributed by atoms with Crippen molar-refractivity contribution in [2.75, 3.05) is 13.7 Å². The number of nitrogens with zero attached hydrogens (tertiary/aromatic N) is 1. The monoisotopic (exact) mass is 424 g/mol. The minimum Gasteiger partial charge on any atom is -0.493 e. The molecular formula is C22H24N4O5. The van der Waals surface area contributed by atoms with Gasteiger partial charge in [-0.05, 0) is 30.2 Å². The van der Waals surface area contributed by atoms with Gasteiger partial charge in [0.1, 0.15) is 12.1 Å². The van der Waals surface area contributed by atoms with Crippen LogP contribution in [0.15, 0.2) is 48.5 Å². The van der Waals surface area contributed by atoms with E-state index in [1.54, 1.807) is 25.3 Å². The molecule has 3 N–H and O–H groups in total. The molecule has 5 amide bonds. The molecule has 2 aromatic carbocycles. The van der Waals surface area contributed by atoms with Crippen molar-refractivity contribution >= 4 is 18.0 Å². The van der Waals surface area contributed by atoms with Crippen molar-refractivity contribution in [1.82, 2.24) is 20.9 Å². The van der Waals surface area contributed by atoms with Gasteiger partial charge in [-0.2, -0.15) is 0 Å². The number of hydrogen-bond acceptors (Lipinski definition) is 5. The Bertz CT molecular complexity index is 997. The first-order valence-electron chi connectivity index (χ1n) is 10.0. The number of fused-ring (bicyclic) bond motifs is 1. The first kappa shape index (κ1) is 20.5. The summed E-state index contributed by atoms with van der Waals surface area (Å²) in [6.07, 6.45) is -0.794. The molecule has 2 heterocycles. The number of amides is 5. The lowest BCUT2D eigenvalue weighted by Gasteiger charge is -2.46. The van der Waals surface area contributed by atoms with E-state index >= 15 is 0 Å². The van der Waals surface area contributed by atoms with Crippen LogP contribution in [-0.4, -0.2) is 42.8 Å². The molecule has 2 aliphatic heterocycles. The van der Waals surface area contributed by atoms with Gasteiger partial charge in [-0.3, -0.25) is 15.0 Å². The van der Waals surface area contributed by atoms with Gasteiger partial charge in [-0.25, -0.2) is 9.59 Å². The van der Waals surface area contributed by atoms with Crippen LogP contribution in [0.4, 0.5) is 9.59 Å². The highest BCUT2D eigenvalue weighted by Crippen LogP contribution is 2.37. The summed E-state index contributed by atoms with van der Waals surface area (Å²) >= 11 is 0. The van der Waals surface area contributed by atoms with Crippen molar-refractivity contribution in [2.24, 2.45) is 5.92 Å². The molecule has 31 heavy (non-hydrogen) atoms. The Hall–Kier alpha value is -3.75. The Balaban J connectivity index is 1.69. The standard InChI is InChI=1S/C22H24N4O5/c1-3-31-16-11-14(9-10-15(16)30-2)18-17-19(24-21(28)23-18)26(22(29)25-20(17)27)12-13-7-5-4-6-8-13/h4-11,17-19H,3,12H2,1-2H3,(H2,23,24,28)(H,25,27,29). The van der Waals surface area contributed by atoms with E-state index in [0.717, 1.165) is 5.56 Å². The molecule has 2 aromatic rings. The summed E-state index contributed by atoms with van der Waals surface area (Å²) in [6, 6.07) is 13.0. The van der Waals surface area contributed by atoms with Crippen LogP contribution in [0.2, 0.25) is 0 Å². The molecule has 4 rings (SSSR count). The third-order valence-corrected chi connectivity index (χ3v) is 5.44. The highest BCUT2D eigenvalue weighted by Gasteiger charge is 2.50. The Morgan fingerprint density at radius 3 is 2.48 bits per heavy atom. The van der Waals surface area contributed by atoms with Crippen LogP contribution in [0, 0.1) is 5.92 Å². The molecule has 0 bridgehead atoms. The fraction of sp³-hybridized carbons (Fsp3) is 0.318. The van der Waals surface area contributed by atoms with Gasteiger partial charge in [0.05, 0.1) is 19.8 Å². The summed E-state index contributed by atoms with van der Waals surface area (Å²) in [5.41, 5.74) is 1.57. The third kappa shape index (κ3) is 3.98. The molecule has 0 aliphatic carbocycles. The van der Waals surface area contributed by atoms with Crippen LogP contribution in [-0.2, 0) is 11.3 Å². The highest BCUT2D eigenvalue weighted by atomic mass is 16.5. The maximum Gasteiger partial charge on any atom is 0.326 e. The second-order valence-electron chi connectivity index (χ2n) is 7.32. The smallest absolute Gasteiger partial charge is 0.326 e. The number of benzene rings is 2. The molecule has 0 spiro atoms. The molecule has 162 valence electrons. The van der Waals surface area contributed by atoms with Gasteiger partial charge in [0, 0.05) is 6.54 Å². The van der Waals surface area contributed by atoms with Crippen molar-refractivity contribution in [1.29, 1.82) is 0 Å². The topological polar surface area (TPSA) is 109 Å². The first-order chi connectivity index (χ1) is 15.0. The van der Waals surface area contributed by atoms with Crippen molar-refractivity contribution in [3.8, 4) is 11.5 Å². The second-order valence-corrected chi connectivity index (χ2v) is 7.32. The molecule has 2 saturated heterocycles. The maximum absolute atomic E-state index is 12.9. The van der Waals surface area contributed by atoms with Crippen molar-refractivity contribution in [3.05, 3.63) is 59.7 Å². The van der Waals surface area contributed by atoms with Gasteiger partial charge < -0.3 is 20.1 Å². The number of rotatable bonds is 6. The molecule has 0 aromatic heterocycles. The van der Waals surface area contributed by atoms with Crippen LogP contribution in [0.1, 0.15) is 24.1 Å². The molecular weight excluding hydrogens is 400 g/mol. The van der Waals surface area contributed by atoms with Crippen molar-refractivity contribution in [2.45, 2.75) is 25.7 Å². The lowest BCUT2D eigenvalue weighted by molar-refractivity contribution is -0.130. The fourth-order valence-corrected chi connectivity index (χ4v) is 4.03. The van der Waals surface area contributed by atoms with Gasteiger partial charge in [-0.1, -0.05) is 36.4 Å². The van der Waals surface area contributed by atoms with Gasteiger partial charge in [0.25, 0.3) is 0 Å². The summed E-state index contributed by atoms with van der Waals surface area (Å²) in [6.45, 7) is 2.54. The largest absolute Gasteiger partial charge is 0.493 e. The van der Waals surface area contributed by atoms with Crippen LogP contribution in [0.3, 0.4) is 0 Å². The summed E-state index contributed by atoms with van der Waals surface area (Å²) in [5.74, 6) is -0.121. The molecule has 3 atom stereocenters. The zero-order chi connectivity index (χ0) is 22.0. The van der Waals surface area contributed by atoms with Crippen LogP contribution >= 0.6 is 0 Å². The molecule has 9 heteroatoms. The minimum atomic E-state index is -0.794. The Morgan fingerprint density at radius 1 is 1.00 bits per heavy atom. The van der Waals surface area contributed by atoms with E-state index in [2.05, 4.69) is 16.0 Å². The van der Waals surface area contributed by atoms with E-state index in [-0.39, 0.29) is 6.54 Å². The van der Waals surface area contributed by atoms with E-state index in [4.69, 9.17) is 9.47 Å². The van der Waals surface area contributed by atoms with E-state index < -0.39 is 36.1 Å². The molecule has 0 radical (unpaired) electrons. The SMILES string of the molecule is CCOc1cc(C2NC(=O)NC3C2C(=O)NC(=O)N3Cc2ccccc2)ccc1OC. The number of ether oxygens (including phenoxy) is 2.